The van der Waals surface area contributed by atoms with E-state index >= 15 is 0 Å². The molecule has 0 atom stereocenters. The molecule has 2 heteroatoms. The van der Waals surface area contributed by atoms with Gasteiger partial charge in [0.15, 0.2) is 0 Å². The van der Waals surface area contributed by atoms with Crippen LogP contribution >= 0.6 is 15.9 Å². The van der Waals surface area contributed by atoms with E-state index in [0.717, 1.165) is 4.47 Å². The molecular weight excluding hydrogens is 514 g/mol. The lowest BCUT2D eigenvalue weighted by molar-refractivity contribution is 0.753. The summed E-state index contributed by atoms with van der Waals surface area (Å²) in [6.07, 6.45) is 0. The van der Waals surface area contributed by atoms with Crippen molar-refractivity contribution in [2.24, 2.45) is 0 Å². The third kappa shape index (κ3) is 2.74. The van der Waals surface area contributed by atoms with Gasteiger partial charge in [-0.05, 0) is 92.7 Å². The van der Waals surface area contributed by atoms with Crippen molar-refractivity contribution in [3.05, 3.63) is 160 Å². The molecule has 1 heterocycles. The Labute approximate surface area is 224 Å². The minimum Gasteiger partial charge on any atom is -0.310 e. The van der Waals surface area contributed by atoms with Crippen LogP contribution in [0.1, 0.15) is 22.3 Å². The fourth-order valence-corrected chi connectivity index (χ4v) is 7.02. The zero-order valence-electron chi connectivity index (χ0n) is 20.0. The molecule has 0 fully saturated rings. The fourth-order valence-electron chi connectivity index (χ4n) is 6.66. The van der Waals surface area contributed by atoms with Crippen molar-refractivity contribution in [2.75, 3.05) is 4.90 Å². The summed E-state index contributed by atoms with van der Waals surface area (Å²) in [5, 5.41) is 2.54. The summed E-state index contributed by atoms with van der Waals surface area (Å²) in [6.45, 7) is 0. The summed E-state index contributed by atoms with van der Waals surface area (Å²) in [5.74, 6) is 0. The number of hydrogen-bond acceptors (Lipinski definition) is 1. The molecule has 1 aliphatic carbocycles. The topological polar surface area (TPSA) is 3.24 Å². The Morgan fingerprint density at radius 1 is 0.459 bits per heavy atom. The van der Waals surface area contributed by atoms with Gasteiger partial charge in [0.05, 0.1) is 16.8 Å². The zero-order valence-corrected chi connectivity index (χ0v) is 21.6. The van der Waals surface area contributed by atoms with E-state index in [1.807, 2.05) is 0 Å². The SMILES string of the molecule is Brc1ccc2c(c1)C1(c3cc4ccccc4cc3-2)c2ccccc2N(c2ccccc2)c2ccccc21. The summed E-state index contributed by atoms with van der Waals surface area (Å²) in [5.41, 5.74) is 11.1. The van der Waals surface area contributed by atoms with Gasteiger partial charge in [-0.2, -0.15) is 0 Å². The Hall–Kier alpha value is -4.14. The Morgan fingerprint density at radius 2 is 1.03 bits per heavy atom. The van der Waals surface area contributed by atoms with Gasteiger partial charge < -0.3 is 4.90 Å². The number of halogens is 1. The molecule has 6 aromatic carbocycles. The van der Waals surface area contributed by atoms with E-state index in [1.54, 1.807) is 0 Å². The molecule has 174 valence electrons. The number of fused-ring (bicyclic) bond motifs is 10. The molecular formula is C35H22BrN. The summed E-state index contributed by atoms with van der Waals surface area (Å²) in [6, 6.07) is 49.0. The normalized spacial score (nSPS) is 14.2. The fraction of sp³-hybridized carbons (Fsp3) is 0.0286. The van der Waals surface area contributed by atoms with Crippen molar-refractivity contribution in [1.82, 2.24) is 0 Å². The second kappa shape index (κ2) is 7.68. The molecule has 2 aliphatic rings. The van der Waals surface area contributed by atoms with E-state index in [1.165, 1.54) is 61.2 Å². The maximum atomic E-state index is 3.82. The van der Waals surface area contributed by atoms with Crippen LogP contribution in [-0.2, 0) is 5.41 Å². The molecule has 0 saturated carbocycles. The van der Waals surface area contributed by atoms with Gasteiger partial charge in [-0.15, -0.1) is 0 Å². The van der Waals surface area contributed by atoms with E-state index in [4.69, 9.17) is 0 Å². The van der Waals surface area contributed by atoms with Gasteiger partial charge in [-0.1, -0.05) is 101 Å². The number of anilines is 3. The molecule has 0 amide bonds. The summed E-state index contributed by atoms with van der Waals surface area (Å²) >= 11 is 3.82. The van der Waals surface area contributed by atoms with Crippen LogP contribution in [0.25, 0.3) is 21.9 Å². The van der Waals surface area contributed by atoms with E-state index in [9.17, 15) is 0 Å². The van der Waals surface area contributed by atoms with Gasteiger partial charge in [-0.25, -0.2) is 0 Å². The van der Waals surface area contributed by atoms with Gasteiger partial charge in [0, 0.05) is 10.2 Å². The smallest absolute Gasteiger partial charge is 0.0754 e. The largest absolute Gasteiger partial charge is 0.310 e. The highest BCUT2D eigenvalue weighted by atomic mass is 79.9. The van der Waals surface area contributed by atoms with Gasteiger partial charge in [-0.3, -0.25) is 0 Å². The van der Waals surface area contributed by atoms with Gasteiger partial charge in [0.1, 0.15) is 0 Å². The highest BCUT2D eigenvalue weighted by molar-refractivity contribution is 9.10. The molecule has 37 heavy (non-hydrogen) atoms. The van der Waals surface area contributed by atoms with E-state index in [-0.39, 0.29) is 0 Å². The van der Waals surface area contributed by atoms with Crippen LogP contribution in [-0.4, -0.2) is 0 Å². The maximum Gasteiger partial charge on any atom is 0.0754 e. The maximum absolute atomic E-state index is 3.82. The van der Waals surface area contributed by atoms with E-state index in [0.29, 0.717) is 0 Å². The number of rotatable bonds is 1. The molecule has 1 aliphatic heterocycles. The minimum absolute atomic E-state index is 0.420. The Bertz CT molecular complexity index is 1810. The van der Waals surface area contributed by atoms with Crippen LogP contribution in [0.2, 0.25) is 0 Å². The van der Waals surface area contributed by atoms with Crippen molar-refractivity contribution < 1.29 is 0 Å². The van der Waals surface area contributed by atoms with Crippen molar-refractivity contribution >= 4 is 43.8 Å². The Balaban J connectivity index is 1.57. The first-order valence-electron chi connectivity index (χ1n) is 12.6. The standard InChI is InChI=1S/C35H22BrN/c36-25-18-19-27-28-20-23-10-4-5-11-24(23)21-31(28)35(32(27)22-25)29-14-6-8-16-33(29)37(26-12-2-1-3-13-26)34-17-9-7-15-30(34)35/h1-22H. The molecule has 0 unspecified atom stereocenters. The molecule has 8 rings (SSSR count). The average molecular weight is 536 g/mol. The molecule has 0 N–H and O–H groups in total. The second-order valence-corrected chi connectivity index (χ2v) is 10.8. The lowest BCUT2D eigenvalue weighted by atomic mass is 9.64. The molecule has 0 aromatic heterocycles. The van der Waals surface area contributed by atoms with Gasteiger partial charge in [0.25, 0.3) is 0 Å². The molecule has 1 nitrogen and oxygen atoms in total. The summed E-state index contributed by atoms with van der Waals surface area (Å²) in [4.78, 5) is 2.42. The van der Waals surface area contributed by atoms with Crippen molar-refractivity contribution in [3.8, 4) is 11.1 Å². The Morgan fingerprint density at radius 3 is 1.73 bits per heavy atom. The van der Waals surface area contributed by atoms with Crippen LogP contribution in [0.5, 0.6) is 0 Å². The van der Waals surface area contributed by atoms with Crippen LogP contribution in [0, 0.1) is 0 Å². The monoisotopic (exact) mass is 535 g/mol. The molecule has 0 saturated heterocycles. The van der Waals surface area contributed by atoms with Crippen molar-refractivity contribution in [2.45, 2.75) is 5.41 Å². The first-order chi connectivity index (χ1) is 18.3. The first-order valence-corrected chi connectivity index (χ1v) is 13.4. The second-order valence-electron chi connectivity index (χ2n) is 9.89. The van der Waals surface area contributed by atoms with Crippen LogP contribution in [0.4, 0.5) is 17.1 Å². The van der Waals surface area contributed by atoms with E-state index in [2.05, 4.69) is 154 Å². The van der Waals surface area contributed by atoms with Gasteiger partial charge >= 0.3 is 0 Å². The van der Waals surface area contributed by atoms with Crippen molar-refractivity contribution in [3.63, 3.8) is 0 Å². The highest BCUT2D eigenvalue weighted by Crippen LogP contribution is 2.63. The van der Waals surface area contributed by atoms with Crippen LogP contribution in [0.3, 0.4) is 0 Å². The summed E-state index contributed by atoms with van der Waals surface area (Å²) in [7, 11) is 0. The number of para-hydroxylation sites is 3. The number of benzene rings is 6. The predicted molar refractivity (Wildman–Crippen MR) is 157 cm³/mol. The summed E-state index contributed by atoms with van der Waals surface area (Å²) < 4.78 is 1.10. The van der Waals surface area contributed by atoms with Crippen LogP contribution < -0.4 is 4.90 Å². The molecule has 0 bridgehead atoms. The lowest BCUT2D eigenvalue weighted by Crippen LogP contribution is -2.36. The highest BCUT2D eigenvalue weighted by Gasteiger charge is 2.51. The zero-order chi connectivity index (χ0) is 24.6. The molecule has 0 radical (unpaired) electrons. The lowest BCUT2D eigenvalue weighted by Gasteiger charge is -2.45. The third-order valence-electron chi connectivity index (χ3n) is 8.08. The Kier molecular flexibility index (Phi) is 4.36. The number of nitrogens with zero attached hydrogens (tertiary/aromatic N) is 1. The predicted octanol–water partition coefficient (Wildman–Crippen LogP) is 9.75. The first kappa shape index (κ1) is 21.0. The minimum atomic E-state index is -0.420. The molecule has 6 aromatic rings. The quantitative estimate of drug-likeness (QED) is 0.202. The van der Waals surface area contributed by atoms with Crippen molar-refractivity contribution in [1.29, 1.82) is 0 Å². The third-order valence-corrected chi connectivity index (χ3v) is 8.57. The molecule has 1 spiro atoms. The average Bonchev–Trinajstić information content (AvgIpc) is 3.22. The van der Waals surface area contributed by atoms with Crippen LogP contribution in [0.15, 0.2) is 138 Å². The van der Waals surface area contributed by atoms with Gasteiger partial charge in [0.2, 0.25) is 0 Å². The van der Waals surface area contributed by atoms with E-state index < -0.39 is 5.41 Å². The number of hydrogen-bond donors (Lipinski definition) is 0.